The first kappa shape index (κ1) is 16.1. The third-order valence-corrected chi connectivity index (χ3v) is 4.80. The van der Waals surface area contributed by atoms with Crippen LogP contribution in [0.3, 0.4) is 0 Å². The summed E-state index contributed by atoms with van der Waals surface area (Å²) < 4.78 is 5.66. The highest BCUT2D eigenvalue weighted by Crippen LogP contribution is 2.34. The molecule has 0 atom stereocenters. The monoisotopic (exact) mass is 320 g/mol. The van der Waals surface area contributed by atoms with E-state index in [1.54, 1.807) is 0 Å². The van der Waals surface area contributed by atoms with Crippen molar-refractivity contribution in [2.75, 3.05) is 11.5 Å². The topological polar surface area (TPSA) is 61.3 Å². The first-order valence-electron chi connectivity index (χ1n) is 6.63. The van der Waals surface area contributed by atoms with E-state index in [4.69, 9.17) is 15.1 Å². The molecule has 4 N–H and O–H groups in total. The number of rotatable bonds is 4. The van der Waals surface area contributed by atoms with Crippen molar-refractivity contribution < 1.29 is 3.63 Å². The molecule has 0 saturated carbocycles. The molecule has 3 nitrogen and oxygen atoms in total. The average molecular weight is 320 g/mol. The minimum atomic E-state index is 0.844. The lowest BCUT2D eigenvalue weighted by Crippen LogP contribution is -1.94. The molecule has 5 heteroatoms. The zero-order valence-electron chi connectivity index (χ0n) is 12.7. The summed E-state index contributed by atoms with van der Waals surface area (Å²) in [6.07, 6.45) is 0. The van der Waals surface area contributed by atoms with E-state index in [-0.39, 0.29) is 0 Å². The second kappa shape index (κ2) is 6.64. The van der Waals surface area contributed by atoms with Gasteiger partial charge in [-0.1, -0.05) is 0 Å². The van der Waals surface area contributed by atoms with Crippen LogP contribution in [0.5, 0.6) is 0 Å². The van der Waals surface area contributed by atoms with Crippen molar-refractivity contribution >= 4 is 35.5 Å². The van der Waals surface area contributed by atoms with E-state index in [0.29, 0.717) is 0 Å². The lowest BCUT2D eigenvalue weighted by Gasteiger charge is -2.09. The molecule has 0 heterocycles. The Hall–Kier alpha value is -1.30. The maximum absolute atomic E-state index is 5.95. The Morgan fingerprint density at radius 2 is 0.952 bits per heavy atom. The van der Waals surface area contributed by atoms with Crippen LogP contribution < -0.4 is 11.5 Å². The van der Waals surface area contributed by atoms with Crippen LogP contribution in [-0.2, 0) is 3.63 Å². The molecule has 0 fully saturated rings. The molecule has 2 aromatic carbocycles. The van der Waals surface area contributed by atoms with Gasteiger partial charge in [-0.25, -0.2) is 3.63 Å². The van der Waals surface area contributed by atoms with Crippen LogP contribution in [0.1, 0.15) is 22.3 Å². The van der Waals surface area contributed by atoms with Gasteiger partial charge in [-0.3, -0.25) is 0 Å². The highest BCUT2D eigenvalue weighted by Gasteiger charge is 2.06. The Bertz CT molecular complexity index is 568. The van der Waals surface area contributed by atoms with Crippen LogP contribution in [-0.4, -0.2) is 0 Å². The molecule has 0 amide bonds. The third kappa shape index (κ3) is 3.87. The fraction of sp³-hybridized carbons (Fsp3) is 0.250. The molecule has 2 aromatic rings. The van der Waals surface area contributed by atoms with Gasteiger partial charge in [0.05, 0.1) is 0 Å². The van der Waals surface area contributed by atoms with Crippen molar-refractivity contribution in [1.82, 2.24) is 0 Å². The van der Waals surface area contributed by atoms with Crippen molar-refractivity contribution in [2.24, 2.45) is 0 Å². The molecule has 2 rings (SSSR count). The molecule has 0 spiro atoms. The molecule has 112 valence electrons. The molecule has 0 aliphatic rings. The normalized spacial score (nSPS) is 10.9. The van der Waals surface area contributed by atoms with E-state index in [9.17, 15) is 0 Å². The first-order valence-corrected chi connectivity index (χ1v) is 8.11. The Morgan fingerprint density at radius 3 is 1.24 bits per heavy atom. The van der Waals surface area contributed by atoms with E-state index < -0.39 is 0 Å². The van der Waals surface area contributed by atoms with Gasteiger partial charge in [0.25, 0.3) is 0 Å². The van der Waals surface area contributed by atoms with Crippen LogP contribution in [0.2, 0.25) is 0 Å². The molecule has 0 unspecified atom stereocenters. The Balaban J connectivity index is 2.02. The summed E-state index contributed by atoms with van der Waals surface area (Å²) in [7, 11) is 0. The minimum Gasteiger partial charge on any atom is -0.398 e. The number of aryl methyl sites for hydroxylation is 4. The number of benzene rings is 2. The third-order valence-electron chi connectivity index (χ3n) is 3.39. The maximum Gasteiger partial charge on any atom is 0.0448 e. The summed E-state index contributed by atoms with van der Waals surface area (Å²) in [5.41, 5.74) is 17.9. The molecule has 0 radical (unpaired) electrons. The van der Waals surface area contributed by atoms with Gasteiger partial charge in [0.15, 0.2) is 0 Å². The van der Waals surface area contributed by atoms with Crippen LogP contribution in [0.4, 0.5) is 11.4 Å². The maximum atomic E-state index is 5.95. The van der Waals surface area contributed by atoms with Crippen molar-refractivity contribution in [2.45, 2.75) is 37.5 Å². The number of nitrogen functional groups attached to an aromatic ring is 2. The van der Waals surface area contributed by atoms with Crippen LogP contribution in [0, 0.1) is 27.7 Å². The van der Waals surface area contributed by atoms with Crippen molar-refractivity contribution in [3.8, 4) is 0 Å². The van der Waals surface area contributed by atoms with Crippen molar-refractivity contribution in [3.05, 3.63) is 46.5 Å². The fourth-order valence-electron chi connectivity index (χ4n) is 2.06. The fourth-order valence-corrected chi connectivity index (χ4v) is 3.73. The molecule has 21 heavy (non-hydrogen) atoms. The number of hydrogen-bond donors (Lipinski definition) is 2. The summed E-state index contributed by atoms with van der Waals surface area (Å²) in [6, 6.07) is 8.14. The molecule has 0 aliphatic heterocycles. The minimum absolute atomic E-state index is 0.844. The zero-order valence-corrected chi connectivity index (χ0v) is 14.3. The second-order valence-corrected chi connectivity index (χ2v) is 7.00. The molecular weight excluding hydrogens is 300 g/mol. The Morgan fingerprint density at radius 1 is 0.667 bits per heavy atom. The number of nitrogens with two attached hydrogens (primary N) is 2. The average Bonchev–Trinajstić information content (AvgIpc) is 2.42. The molecule has 0 aliphatic carbocycles. The number of anilines is 2. The van der Waals surface area contributed by atoms with Crippen molar-refractivity contribution in [1.29, 1.82) is 0 Å². The Kier molecular flexibility index (Phi) is 5.08. The van der Waals surface area contributed by atoms with Gasteiger partial charge in [-0.2, -0.15) is 0 Å². The SMILES string of the molecule is Cc1cc(SOSc2cc(C)c(N)c(C)c2)cc(C)c1N. The van der Waals surface area contributed by atoms with Gasteiger partial charge < -0.3 is 11.5 Å². The van der Waals surface area contributed by atoms with E-state index in [0.717, 1.165) is 43.4 Å². The van der Waals surface area contributed by atoms with Gasteiger partial charge in [0, 0.05) is 45.3 Å². The highest BCUT2D eigenvalue weighted by atomic mass is 32.2. The smallest absolute Gasteiger partial charge is 0.0448 e. The van der Waals surface area contributed by atoms with E-state index >= 15 is 0 Å². The van der Waals surface area contributed by atoms with Crippen LogP contribution >= 0.6 is 24.1 Å². The zero-order chi connectivity index (χ0) is 15.6. The Labute approximate surface area is 134 Å². The van der Waals surface area contributed by atoms with Gasteiger partial charge in [0.2, 0.25) is 0 Å². The molecule has 0 saturated heterocycles. The summed E-state index contributed by atoms with van der Waals surface area (Å²) in [5.74, 6) is 0. The van der Waals surface area contributed by atoms with Gasteiger partial charge in [0.1, 0.15) is 0 Å². The van der Waals surface area contributed by atoms with Crippen LogP contribution in [0.25, 0.3) is 0 Å². The second-order valence-electron chi connectivity index (χ2n) is 5.18. The first-order chi connectivity index (χ1) is 9.88. The van der Waals surface area contributed by atoms with E-state index in [1.807, 2.05) is 52.0 Å². The molecule has 0 bridgehead atoms. The highest BCUT2D eigenvalue weighted by molar-refractivity contribution is 8.07. The predicted molar refractivity (Wildman–Crippen MR) is 93.5 cm³/mol. The summed E-state index contributed by atoms with van der Waals surface area (Å²) >= 11 is 2.69. The summed E-state index contributed by atoms with van der Waals surface area (Å²) in [6.45, 7) is 8.02. The van der Waals surface area contributed by atoms with E-state index in [2.05, 4.69) is 0 Å². The van der Waals surface area contributed by atoms with Crippen LogP contribution in [0.15, 0.2) is 34.1 Å². The van der Waals surface area contributed by atoms with Gasteiger partial charge in [-0.05, 0) is 74.2 Å². The van der Waals surface area contributed by atoms with Gasteiger partial charge in [-0.15, -0.1) is 0 Å². The van der Waals surface area contributed by atoms with Gasteiger partial charge >= 0.3 is 0 Å². The van der Waals surface area contributed by atoms with Crippen molar-refractivity contribution in [3.63, 3.8) is 0 Å². The summed E-state index contributed by atoms with van der Waals surface area (Å²) in [5, 5.41) is 0. The number of hydrogen-bond acceptors (Lipinski definition) is 5. The predicted octanol–water partition coefficient (Wildman–Crippen LogP) is 4.82. The summed E-state index contributed by atoms with van der Waals surface area (Å²) in [4.78, 5) is 2.10. The quantitative estimate of drug-likeness (QED) is 0.625. The lowest BCUT2D eigenvalue weighted by molar-refractivity contribution is 0.756. The van der Waals surface area contributed by atoms with E-state index in [1.165, 1.54) is 24.1 Å². The molecular formula is C16H20N2OS2. The lowest BCUT2D eigenvalue weighted by atomic mass is 10.1. The largest absolute Gasteiger partial charge is 0.398 e. The standard InChI is InChI=1S/C16H20N2OS2/c1-9-5-13(6-10(2)15(9)17)20-19-21-14-7-11(3)16(18)12(4)8-14/h5-8H,17-18H2,1-4H3. The molecule has 0 aromatic heterocycles.